The Hall–Kier alpha value is -3.41. The van der Waals surface area contributed by atoms with Gasteiger partial charge in [0.15, 0.2) is 6.21 Å². The Morgan fingerprint density at radius 3 is 2.29 bits per heavy atom. The molecule has 0 atom stereocenters. The highest BCUT2D eigenvalue weighted by molar-refractivity contribution is 6.42. The molecule has 0 bridgehead atoms. The lowest BCUT2D eigenvalue weighted by atomic mass is 9.85. The second-order valence-corrected chi connectivity index (χ2v) is 8.34. The molecule has 4 rings (SSSR count). The van der Waals surface area contributed by atoms with Crippen molar-refractivity contribution in [3.8, 4) is 0 Å². The Morgan fingerprint density at radius 1 is 0.943 bits per heavy atom. The van der Waals surface area contributed by atoms with Crippen LogP contribution in [0, 0.1) is 0 Å². The van der Waals surface area contributed by atoms with Gasteiger partial charge in [-0.05, 0) is 63.6 Å². The molecule has 0 spiro atoms. The summed E-state index contributed by atoms with van der Waals surface area (Å²) in [5, 5.41) is 2.40. The zero-order chi connectivity index (χ0) is 25.4. The molecule has 3 nitrogen and oxygen atoms in total. The molecule has 0 radical (unpaired) electrons. The van der Waals surface area contributed by atoms with Crippen LogP contribution in [0.25, 0.3) is 21.8 Å². The third kappa shape index (κ3) is 6.00. The van der Waals surface area contributed by atoms with Crippen molar-refractivity contribution in [3.63, 3.8) is 0 Å². The Morgan fingerprint density at radius 2 is 1.63 bits per heavy atom. The second kappa shape index (κ2) is 12.3. The van der Waals surface area contributed by atoms with E-state index in [0.717, 1.165) is 36.6 Å². The number of nitrogens with one attached hydrogen (secondary N) is 1. The smallest absolute Gasteiger partial charge is 0.372 e. The summed E-state index contributed by atoms with van der Waals surface area (Å²) in [6, 6.07) is 20.5. The van der Waals surface area contributed by atoms with E-state index in [1.165, 1.54) is 21.8 Å². The molecular weight excluding hydrogens is 439 g/mol. The fourth-order valence-corrected chi connectivity index (χ4v) is 4.51. The van der Waals surface area contributed by atoms with Gasteiger partial charge in [0, 0.05) is 71.1 Å². The highest BCUT2D eigenvalue weighted by Gasteiger charge is 2.18. The van der Waals surface area contributed by atoms with Crippen molar-refractivity contribution in [2.45, 2.75) is 40.6 Å². The number of fused-ring (bicyclic) bond motifs is 3. The molecule has 182 valence electrons. The van der Waals surface area contributed by atoms with Gasteiger partial charge in [-0.15, -0.1) is 6.58 Å². The molecule has 0 saturated heterocycles. The Balaban J connectivity index is 0.00000108. The van der Waals surface area contributed by atoms with Gasteiger partial charge in [-0.3, -0.25) is 8.63 Å². The van der Waals surface area contributed by atoms with Crippen molar-refractivity contribution < 1.29 is 13.6 Å². The van der Waals surface area contributed by atoms with Crippen LogP contribution < -0.4 is 9.89 Å². The van der Waals surface area contributed by atoms with Crippen LogP contribution >= 0.6 is 0 Å². The van der Waals surface area contributed by atoms with Crippen LogP contribution in [0.5, 0.6) is 0 Å². The van der Waals surface area contributed by atoms with Crippen LogP contribution in [0.4, 0.5) is 20.0 Å². The number of allylic oxidation sites excluding steroid dienone is 1. The third-order valence-electron chi connectivity index (χ3n) is 6.11. The maximum Gasteiger partial charge on any atom is 0.542 e. The molecule has 0 amide bonds. The van der Waals surface area contributed by atoms with E-state index in [-0.39, 0.29) is 6.32 Å². The largest absolute Gasteiger partial charge is 0.542 e. The van der Waals surface area contributed by atoms with Crippen LogP contribution in [-0.2, 0) is 12.9 Å². The van der Waals surface area contributed by atoms with E-state index in [0.29, 0.717) is 5.56 Å². The molecule has 0 aliphatic rings. The second-order valence-electron chi connectivity index (χ2n) is 8.34. The summed E-state index contributed by atoms with van der Waals surface area (Å²) in [7, 11) is -2.38. The molecule has 0 aliphatic heterocycles. The van der Waals surface area contributed by atoms with E-state index in [1.807, 2.05) is 37.4 Å². The number of aryl methyl sites for hydroxylation is 1. The number of benzene rings is 3. The quantitative estimate of drug-likeness (QED) is 0.184. The standard InChI is InChI=1S/C26H28BF2N3.C3H6/c1-4-31(5-2)22-13-11-19(20(15-22)17-27(28)29)18-30-21-12-14-26-24(16-21)23-9-7-8-10-25(23)32(26)6-3;1-3-2/h7-16,18H,4-6,17H2,1-3H3;3H,1H2,2H3/p+1. The molecule has 3 aromatic carbocycles. The van der Waals surface area contributed by atoms with Crippen LogP contribution in [-0.4, -0.2) is 31.1 Å². The van der Waals surface area contributed by atoms with Gasteiger partial charge in [0.2, 0.25) is 5.69 Å². The molecule has 4 aromatic rings. The summed E-state index contributed by atoms with van der Waals surface area (Å²) in [6.07, 6.45) is 3.33. The van der Waals surface area contributed by atoms with Gasteiger partial charge in [0.05, 0.1) is 0 Å². The van der Waals surface area contributed by atoms with E-state index in [4.69, 9.17) is 0 Å². The molecule has 0 fully saturated rings. The van der Waals surface area contributed by atoms with Crippen LogP contribution in [0.15, 0.2) is 73.3 Å². The van der Waals surface area contributed by atoms with Crippen molar-refractivity contribution >= 4 is 46.7 Å². The number of rotatable bonds is 8. The summed E-state index contributed by atoms with van der Waals surface area (Å²) in [6.45, 7) is 14.1. The van der Waals surface area contributed by atoms with E-state index < -0.39 is 7.27 Å². The lowest BCUT2D eigenvalue weighted by Gasteiger charge is -2.22. The van der Waals surface area contributed by atoms with E-state index >= 15 is 0 Å². The minimum atomic E-state index is -2.38. The van der Waals surface area contributed by atoms with Gasteiger partial charge in [-0.1, -0.05) is 24.3 Å². The molecule has 1 heterocycles. The SMILES string of the molecule is C=CC.CCN(CC)c1ccc(C=[NH+]c2ccc3c(c2)c2ccccc2n3CC)c(CB(F)F)c1. The predicted molar refractivity (Wildman–Crippen MR) is 148 cm³/mol. The summed E-state index contributed by atoms with van der Waals surface area (Å²) >= 11 is 0. The van der Waals surface area contributed by atoms with Crippen molar-refractivity contribution in [2.24, 2.45) is 0 Å². The number of aromatic nitrogens is 1. The van der Waals surface area contributed by atoms with Gasteiger partial charge in [-0.25, -0.2) is 4.99 Å². The van der Waals surface area contributed by atoms with Crippen LogP contribution in [0.2, 0.25) is 0 Å². The van der Waals surface area contributed by atoms with Gasteiger partial charge < -0.3 is 9.47 Å². The average molecular weight is 474 g/mol. The van der Waals surface area contributed by atoms with E-state index in [2.05, 4.69) is 78.2 Å². The highest BCUT2D eigenvalue weighted by Crippen LogP contribution is 2.30. The monoisotopic (exact) mass is 474 g/mol. The lowest BCUT2D eigenvalue weighted by molar-refractivity contribution is -0.346. The minimum Gasteiger partial charge on any atom is -0.372 e. The first-order valence-corrected chi connectivity index (χ1v) is 12.3. The summed E-state index contributed by atoms with van der Waals surface area (Å²) < 4.78 is 28.8. The van der Waals surface area contributed by atoms with E-state index in [1.54, 1.807) is 6.08 Å². The molecule has 1 aromatic heterocycles. The number of nitrogens with zero attached hydrogens (tertiary/aromatic N) is 2. The molecular formula is C29H35BF2N3+. The number of hydrogen-bond acceptors (Lipinski definition) is 1. The van der Waals surface area contributed by atoms with Crippen molar-refractivity contribution in [1.82, 2.24) is 4.57 Å². The number of anilines is 1. The minimum absolute atomic E-state index is 0.258. The molecule has 0 saturated carbocycles. The van der Waals surface area contributed by atoms with Crippen LogP contribution in [0.1, 0.15) is 38.8 Å². The molecule has 6 heteroatoms. The average Bonchev–Trinajstić information content (AvgIpc) is 3.17. The highest BCUT2D eigenvalue weighted by atomic mass is 19.2. The zero-order valence-electron chi connectivity index (χ0n) is 21.2. The fourth-order valence-electron chi connectivity index (χ4n) is 4.51. The van der Waals surface area contributed by atoms with E-state index in [9.17, 15) is 8.63 Å². The summed E-state index contributed by atoms with van der Waals surface area (Å²) in [5.74, 6) is 0. The number of para-hydroxylation sites is 1. The molecule has 0 unspecified atom stereocenters. The van der Waals surface area contributed by atoms with Crippen molar-refractivity contribution in [3.05, 3.63) is 84.4 Å². The van der Waals surface area contributed by atoms with Crippen molar-refractivity contribution in [1.29, 1.82) is 0 Å². The first-order valence-electron chi connectivity index (χ1n) is 12.3. The summed E-state index contributed by atoms with van der Waals surface area (Å²) in [5.41, 5.74) is 5.78. The Bertz CT molecular complexity index is 1310. The first-order chi connectivity index (χ1) is 17.0. The normalized spacial score (nSPS) is 11.0. The maximum atomic E-state index is 13.3. The fraction of sp³-hybridized carbons (Fsp3) is 0.276. The van der Waals surface area contributed by atoms with Gasteiger partial charge in [0.25, 0.3) is 0 Å². The molecule has 35 heavy (non-hydrogen) atoms. The van der Waals surface area contributed by atoms with Crippen LogP contribution in [0.3, 0.4) is 0 Å². The predicted octanol–water partition coefficient (Wildman–Crippen LogP) is 6.19. The Labute approximate surface area is 208 Å². The summed E-state index contributed by atoms with van der Waals surface area (Å²) in [4.78, 5) is 5.51. The van der Waals surface area contributed by atoms with Gasteiger partial charge >= 0.3 is 7.27 Å². The maximum absolute atomic E-state index is 13.3. The first kappa shape index (κ1) is 26.2. The number of hydrogen-bond donors (Lipinski definition) is 1. The lowest BCUT2D eigenvalue weighted by Crippen LogP contribution is -2.61. The topological polar surface area (TPSA) is 22.1 Å². The zero-order valence-corrected chi connectivity index (χ0v) is 21.2. The molecule has 0 aliphatic carbocycles. The number of halogens is 2. The van der Waals surface area contributed by atoms with Crippen molar-refractivity contribution in [2.75, 3.05) is 18.0 Å². The van der Waals surface area contributed by atoms with Gasteiger partial charge in [-0.2, -0.15) is 0 Å². The molecule has 1 N–H and O–H groups in total. The van der Waals surface area contributed by atoms with Gasteiger partial charge in [0.1, 0.15) is 0 Å². The third-order valence-corrected chi connectivity index (χ3v) is 6.11. The Kier molecular flexibility index (Phi) is 9.24.